The van der Waals surface area contributed by atoms with Crippen LogP contribution >= 0.6 is 22.9 Å². The average Bonchev–Trinajstić information content (AvgIpc) is 2.96. The first-order valence-corrected chi connectivity index (χ1v) is 7.42. The van der Waals surface area contributed by atoms with Gasteiger partial charge in [0.2, 0.25) is 0 Å². The Bertz CT molecular complexity index is 558. The number of fused-ring (bicyclic) bond motifs is 1. The van der Waals surface area contributed by atoms with Crippen LogP contribution in [0.3, 0.4) is 0 Å². The predicted molar refractivity (Wildman–Crippen MR) is 76.6 cm³/mol. The van der Waals surface area contributed by atoms with Gasteiger partial charge in [-0.25, -0.2) is 0 Å². The van der Waals surface area contributed by atoms with Gasteiger partial charge in [-0.2, -0.15) is 5.10 Å². The zero-order valence-electron chi connectivity index (χ0n) is 10.5. The second-order valence-corrected chi connectivity index (χ2v) is 6.71. The molecule has 0 radical (unpaired) electrons. The first-order valence-electron chi connectivity index (χ1n) is 6.23. The summed E-state index contributed by atoms with van der Waals surface area (Å²) in [6, 6.07) is 4.88. The van der Waals surface area contributed by atoms with Gasteiger partial charge in [0.05, 0.1) is 10.4 Å². The van der Waals surface area contributed by atoms with Crippen molar-refractivity contribution in [2.45, 2.75) is 38.8 Å². The van der Waals surface area contributed by atoms with Gasteiger partial charge in [0.15, 0.2) is 0 Å². The Hall–Kier alpha value is -1.00. The molecule has 0 aromatic carbocycles. The first kappa shape index (κ1) is 12.1. The van der Waals surface area contributed by atoms with Crippen LogP contribution in [0.5, 0.6) is 0 Å². The highest BCUT2D eigenvalue weighted by molar-refractivity contribution is 7.16. The van der Waals surface area contributed by atoms with E-state index < -0.39 is 0 Å². The molecule has 0 bridgehead atoms. The van der Waals surface area contributed by atoms with E-state index in [9.17, 15) is 0 Å². The number of hydrogen-bond acceptors (Lipinski definition) is 3. The molecule has 0 saturated heterocycles. The molecule has 0 aliphatic heterocycles. The number of nitrogens with zero attached hydrogens (tertiary/aromatic N) is 2. The Morgan fingerprint density at radius 1 is 1.56 bits per heavy atom. The number of anilines is 1. The van der Waals surface area contributed by atoms with E-state index in [1.54, 1.807) is 11.3 Å². The summed E-state index contributed by atoms with van der Waals surface area (Å²) < 4.78 is 2.86. The summed E-state index contributed by atoms with van der Waals surface area (Å²) in [6.45, 7) is 4.26. The molecule has 1 aliphatic rings. The molecular weight excluding hydrogens is 266 g/mol. The Kier molecular flexibility index (Phi) is 3.08. The van der Waals surface area contributed by atoms with Gasteiger partial charge in [-0.05, 0) is 38.3 Å². The average molecular weight is 282 g/mol. The van der Waals surface area contributed by atoms with Gasteiger partial charge in [-0.15, -0.1) is 11.3 Å². The lowest BCUT2D eigenvalue weighted by atomic mass is 10.2. The minimum atomic E-state index is 0.360. The van der Waals surface area contributed by atoms with Gasteiger partial charge in [0.25, 0.3) is 0 Å². The lowest BCUT2D eigenvalue weighted by molar-refractivity contribution is 0.533. The standard InChI is InChI=1S/C13H16ClN3S/c1-8(2)17-6-5-13(16-17)15-10-3-4-11-9(10)7-12(14)18-11/h5-8,10H,3-4H2,1-2H3,(H,15,16). The summed E-state index contributed by atoms with van der Waals surface area (Å²) in [5, 5.41) is 8.03. The molecule has 3 nitrogen and oxygen atoms in total. The molecule has 5 heteroatoms. The Labute approximate surface area is 116 Å². The number of rotatable bonds is 3. The number of aromatic nitrogens is 2. The molecule has 0 spiro atoms. The lowest BCUT2D eigenvalue weighted by Gasteiger charge is -2.12. The summed E-state index contributed by atoms with van der Waals surface area (Å²) in [7, 11) is 0. The van der Waals surface area contributed by atoms with Crippen molar-refractivity contribution in [3.05, 3.63) is 33.1 Å². The number of aryl methyl sites for hydroxylation is 1. The van der Waals surface area contributed by atoms with E-state index in [0.717, 1.165) is 23.0 Å². The van der Waals surface area contributed by atoms with Crippen molar-refractivity contribution in [1.29, 1.82) is 0 Å². The fourth-order valence-electron chi connectivity index (χ4n) is 2.36. The molecule has 18 heavy (non-hydrogen) atoms. The van der Waals surface area contributed by atoms with E-state index in [1.165, 1.54) is 10.4 Å². The summed E-state index contributed by atoms with van der Waals surface area (Å²) >= 11 is 7.76. The maximum Gasteiger partial charge on any atom is 0.148 e. The minimum Gasteiger partial charge on any atom is -0.362 e. The fraction of sp³-hybridized carbons (Fsp3) is 0.462. The van der Waals surface area contributed by atoms with Crippen LogP contribution in [-0.2, 0) is 6.42 Å². The molecule has 0 amide bonds. The zero-order valence-corrected chi connectivity index (χ0v) is 12.1. The third-order valence-corrected chi connectivity index (χ3v) is 4.65. The zero-order chi connectivity index (χ0) is 12.7. The third kappa shape index (κ3) is 2.15. The minimum absolute atomic E-state index is 0.360. The van der Waals surface area contributed by atoms with Crippen molar-refractivity contribution >= 4 is 28.8 Å². The largest absolute Gasteiger partial charge is 0.362 e. The van der Waals surface area contributed by atoms with Crippen LogP contribution in [0.15, 0.2) is 18.3 Å². The van der Waals surface area contributed by atoms with Crippen LogP contribution in [0.1, 0.15) is 42.8 Å². The van der Waals surface area contributed by atoms with Crippen molar-refractivity contribution in [2.75, 3.05) is 5.32 Å². The molecule has 96 valence electrons. The summed E-state index contributed by atoms with van der Waals surface area (Å²) in [6.07, 6.45) is 4.27. The van der Waals surface area contributed by atoms with Crippen LogP contribution in [0.25, 0.3) is 0 Å². The molecule has 2 aromatic heterocycles. The molecule has 1 aliphatic carbocycles. The van der Waals surface area contributed by atoms with Crippen molar-refractivity contribution < 1.29 is 0 Å². The molecular formula is C13H16ClN3S. The van der Waals surface area contributed by atoms with E-state index in [1.807, 2.05) is 16.9 Å². The van der Waals surface area contributed by atoms with Crippen LogP contribution in [0, 0.1) is 0 Å². The number of nitrogens with one attached hydrogen (secondary N) is 1. The normalized spacial score (nSPS) is 18.3. The van der Waals surface area contributed by atoms with Gasteiger partial charge in [0, 0.05) is 23.2 Å². The Balaban J connectivity index is 1.77. The Morgan fingerprint density at radius 3 is 3.11 bits per heavy atom. The van der Waals surface area contributed by atoms with Gasteiger partial charge in [-0.3, -0.25) is 4.68 Å². The quantitative estimate of drug-likeness (QED) is 0.910. The Morgan fingerprint density at radius 2 is 2.39 bits per heavy atom. The van der Waals surface area contributed by atoms with Gasteiger partial charge in [0.1, 0.15) is 5.82 Å². The van der Waals surface area contributed by atoms with E-state index in [-0.39, 0.29) is 0 Å². The van der Waals surface area contributed by atoms with E-state index in [4.69, 9.17) is 11.6 Å². The summed E-state index contributed by atoms with van der Waals surface area (Å²) in [4.78, 5) is 1.42. The highest BCUT2D eigenvalue weighted by atomic mass is 35.5. The second-order valence-electron chi connectivity index (χ2n) is 4.94. The lowest BCUT2D eigenvalue weighted by Crippen LogP contribution is -2.08. The monoisotopic (exact) mass is 281 g/mol. The van der Waals surface area contributed by atoms with Gasteiger partial charge < -0.3 is 5.32 Å². The SMILES string of the molecule is CC(C)n1ccc(NC2CCc3sc(Cl)cc32)n1. The number of thiophene rings is 1. The smallest absolute Gasteiger partial charge is 0.148 e. The van der Waals surface area contributed by atoms with Crippen molar-refractivity contribution in [3.63, 3.8) is 0 Å². The van der Waals surface area contributed by atoms with Crippen LogP contribution in [-0.4, -0.2) is 9.78 Å². The molecule has 1 atom stereocenters. The predicted octanol–water partition coefficient (Wildman–Crippen LogP) is 4.28. The molecule has 2 aromatic rings. The third-order valence-electron chi connectivity index (χ3n) is 3.31. The summed E-state index contributed by atoms with van der Waals surface area (Å²) in [5.41, 5.74) is 1.35. The maximum absolute atomic E-state index is 6.06. The van der Waals surface area contributed by atoms with E-state index in [0.29, 0.717) is 12.1 Å². The van der Waals surface area contributed by atoms with E-state index in [2.05, 4.69) is 30.3 Å². The van der Waals surface area contributed by atoms with Crippen molar-refractivity contribution in [1.82, 2.24) is 9.78 Å². The van der Waals surface area contributed by atoms with Crippen LogP contribution < -0.4 is 5.32 Å². The first-order chi connectivity index (χ1) is 8.63. The van der Waals surface area contributed by atoms with Crippen LogP contribution in [0.4, 0.5) is 5.82 Å². The highest BCUT2D eigenvalue weighted by Crippen LogP contribution is 2.40. The van der Waals surface area contributed by atoms with Gasteiger partial charge >= 0.3 is 0 Å². The summed E-state index contributed by atoms with van der Waals surface area (Å²) in [5.74, 6) is 0.948. The molecule has 2 heterocycles. The van der Waals surface area contributed by atoms with Crippen molar-refractivity contribution in [2.24, 2.45) is 0 Å². The number of halogens is 1. The van der Waals surface area contributed by atoms with Crippen molar-refractivity contribution in [3.8, 4) is 0 Å². The fourth-order valence-corrected chi connectivity index (χ4v) is 3.72. The highest BCUT2D eigenvalue weighted by Gasteiger charge is 2.25. The second kappa shape index (κ2) is 4.59. The van der Waals surface area contributed by atoms with Crippen LogP contribution in [0.2, 0.25) is 4.34 Å². The molecule has 0 saturated carbocycles. The molecule has 1 N–H and O–H groups in total. The molecule has 0 fully saturated rings. The topological polar surface area (TPSA) is 29.9 Å². The molecule has 1 unspecified atom stereocenters. The molecule has 3 rings (SSSR count). The van der Waals surface area contributed by atoms with E-state index >= 15 is 0 Å². The van der Waals surface area contributed by atoms with Gasteiger partial charge in [-0.1, -0.05) is 11.6 Å². The maximum atomic E-state index is 6.06. The number of hydrogen-bond donors (Lipinski definition) is 1.